The van der Waals surface area contributed by atoms with Gasteiger partial charge in [0.15, 0.2) is 5.82 Å². The van der Waals surface area contributed by atoms with Gasteiger partial charge >= 0.3 is 5.97 Å². The zero-order valence-corrected chi connectivity index (χ0v) is 11.8. The molecule has 22 heavy (non-hydrogen) atoms. The number of aromatic nitrogens is 2. The molecule has 0 unspecified atom stereocenters. The molecule has 2 heterocycles. The van der Waals surface area contributed by atoms with Crippen LogP contribution < -0.4 is 10.6 Å². The number of fused-ring (bicyclic) bond motifs is 1. The Balaban J connectivity index is 1.85. The highest BCUT2D eigenvalue weighted by atomic mass is 16.5. The second-order valence-corrected chi connectivity index (χ2v) is 4.57. The van der Waals surface area contributed by atoms with E-state index in [1.54, 1.807) is 6.92 Å². The molecule has 2 aromatic rings. The summed E-state index contributed by atoms with van der Waals surface area (Å²) in [5, 5.41) is 12.2. The number of aromatic amines is 1. The van der Waals surface area contributed by atoms with Crippen LogP contribution in [0.15, 0.2) is 36.7 Å². The lowest BCUT2D eigenvalue weighted by atomic mass is 10.1. The van der Waals surface area contributed by atoms with Crippen molar-refractivity contribution >= 4 is 29.0 Å². The molecule has 1 aliphatic heterocycles. The number of amides is 1. The highest BCUT2D eigenvalue weighted by Gasteiger charge is 2.23. The van der Waals surface area contributed by atoms with Gasteiger partial charge < -0.3 is 15.4 Å². The van der Waals surface area contributed by atoms with Crippen molar-refractivity contribution in [2.24, 2.45) is 0 Å². The number of anilines is 2. The lowest BCUT2D eigenvalue weighted by Gasteiger charge is -2.03. The minimum Gasteiger partial charge on any atom is -0.462 e. The van der Waals surface area contributed by atoms with Crippen molar-refractivity contribution in [2.75, 3.05) is 17.2 Å². The van der Waals surface area contributed by atoms with E-state index in [9.17, 15) is 9.59 Å². The van der Waals surface area contributed by atoms with Crippen molar-refractivity contribution in [1.29, 1.82) is 0 Å². The summed E-state index contributed by atoms with van der Waals surface area (Å²) in [5.41, 5.74) is 2.32. The summed E-state index contributed by atoms with van der Waals surface area (Å²) in [5.74, 6) is -0.376. The molecule has 1 aromatic heterocycles. The largest absolute Gasteiger partial charge is 0.462 e. The third-order valence-corrected chi connectivity index (χ3v) is 3.20. The minimum absolute atomic E-state index is 0.207. The second-order valence-electron chi connectivity index (χ2n) is 4.57. The zero-order valence-electron chi connectivity index (χ0n) is 11.8. The van der Waals surface area contributed by atoms with Crippen molar-refractivity contribution in [3.63, 3.8) is 0 Å². The first-order chi connectivity index (χ1) is 10.7. The van der Waals surface area contributed by atoms with Gasteiger partial charge in [-0.15, -0.1) is 0 Å². The van der Waals surface area contributed by atoms with Gasteiger partial charge in [-0.1, -0.05) is 18.2 Å². The van der Waals surface area contributed by atoms with E-state index < -0.39 is 5.97 Å². The van der Waals surface area contributed by atoms with Crippen LogP contribution in [0, 0.1) is 0 Å². The monoisotopic (exact) mass is 298 g/mol. The summed E-state index contributed by atoms with van der Waals surface area (Å²) in [6.45, 7) is 2.01. The summed E-state index contributed by atoms with van der Waals surface area (Å²) >= 11 is 0. The van der Waals surface area contributed by atoms with Gasteiger partial charge in [0.1, 0.15) is 5.56 Å². The molecule has 0 spiro atoms. The Morgan fingerprint density at radius 1 is 1.41 bits per heavy atom. The van der Waals surface area contributed by atoms with Gasteiger partial charge in [-0.25, -0.2) is 4.79 Å². The van der Waals surface area contributed by atoms with Gasteiger partial charge in [0, 0.05) is 23.6 Å². The number of nitrogens with one attached hydrogen (secondary N) is 3. The van der Waals surface area contributed by atoms with Gasteiger partial charge in [0.05, 0.1) is 12.2 Å². The fourth-order valence-corrected chi connectivity index (χ4v) is 2.19. The molecule has 7 heteroatoms. The molecule has 0 radical (unpaired) electrons. The summed E-state index contributed by atoms with van der Waals surface area (Å²) < 4.78 is 4.94. The number of esters is 1. The van der Waals surface area contributed by atoms with Gasteiger partial charge in [-0.05, 0) is 13.0 Å². The predicted octanol–water partition coefficient (Wildman–Crippen LogP) is 1.99. The number of carbonyl (C=O) groups excluding carboxylic acids is 2. The molecular formula is C15H14N4O3. The molecule has 0 fully saturated rings. The van der Waals surface area contributed by atoms with E-state index >= 15 is 0 Å². The Hall–Kier alpha value is -3.09. The van der Waals surface area contributed by atoms with E-state index in [0.717, 1.165) is 11.3 Å². The summed E-state index contributed by atoms with van der Waals surface area (Å²) in [4.78, 5) is 23.7. The normalized spacial score (nSPS) is 14.6. The van der Waals surface area contributed by atoms with E-state index in [1.807, 2.05) is 24.3 Å². The SMILES string of the molecule is CCOC(=O)c1c[nH]nc1NC=C1C(=O)Nc2ccccc21. The number of para-hydroxylation sites is 1. The van der Waals surface area contributed by atoms with Crippen molar-refractivity contribution in [2.45, 2.75) is 6.92 Å². The predicted molar refractivity (Wildman–Crippen MR) is 81.2 cm³/mol. The fourth-order valence-electron chi connectivity index (χ4n) is 2.19. The molecule has 1 amide bonds. The summed E-state index contributed by atoms with van der Waals surface area (Å²) in [7, 11) is 0. The average Bonchev–Trinajstić information content (AvgIpc) is 3.09. The van der Waals surface area contributed by atoms with Crippen LogP contribution in [-0.2, 0) is 9.53 Å². The number of hydrogen-bond donors (Lipinski definition) is 3. The van der Waals surface area contributed by atoms with Crippen molar-refractivity contribution in [3.05, 3.63) is 47.8 Å². The van der Waals surface area contributed by atoms with E-state index in [2.05, 4.69) is 20.8 Å². The van der Waals surface area contributed by atoms with Crippen molar-refractivity contribution < 1.29 is 14.3 Å². The van der Waals surface area contributed by atoms with Crippen molar-refractivity contribution in [3.8, 4) is 0 Å². The first-order valence-electron chi connectivity index (χ1n) is 6.79. The minimum atomic E-state index is -0.478. The fraction of sp³-hybridized carbons (Fsp3) is 0.133. The maximum atomic E-state index is 12.0. The van der Waals surface area contributed by atoms with E-state index in [-0.39, 0.29) is 18.1 Å². The Bertz CT molecular complexity index is 764. The number of H-pyrrole nitrogens is 1. The van der Waals surface area contributed by atoms with Crippen LogP contribution in [0.5, 0.6) is 0 Å². The standard InChI is InChI=1S/C15H14N4O3/c1-2-22-15(21)11-8-17-19-13(11)16-7-10-9-5-3-4-6-12(9)18-14(10)20/h3-8H,2H2,1H3,(H,18,20)(H2,16,17,19). The lowest BCUT2D eigenvalue weighted by Crippen LogP contribution is -2.08. The number of nitrogens with zero attached hydrogens (tertiary/aromatic N) is 1. The molecule has 0 atom stereocenters. The second kappa shape index (κ2) is 5.72. The molecule has 0 saturated carbocycles. The smallest absolute Gasteiger partial charge is 0.343 e. The first-order valence-corrected chi connectivity index (χ1v) is 6.79. The van der Waals surface area contributed by atoms with E-state index in [0.29, 0.717) is 11.4 Å². The third kappa shape index (κ3) is 2.44. The van der Waals surface area contributed by atoms with Crippen LogP contribution in [0.2, 0.25) is 0 Å². The van der Waals surface area contributed by atoms with E-state index in [1.165, 1.54) is 12.4 Å². The quantitative estimate of drug-likeness (QED) is 0.592. The zero-order chi connectivity index (χ0) is 15.5. The van der Waals surface area contributed by atoms with Crippen molar-refractivity contribution in [1.82, 2.24) is 10.2 Å². The molecular weight excluding hydrogens is 284 g/mol. The molecule has 0 bridgehead atoms. The molecule has 0 aliphatic carbocycles. The van der Waals surface area contributed by atoms with Crippen LogP contribution in [0.25, 0.3) is 5.57 Å². The summed E-state index contributed by atoms with van der Waals surface area (Å²) in [6.07, 6.45) is 2.97. The molecule has 1 aliphatic rings. The first kappa shape index (κ1) is 13.9. The van der Waals surface area contributed by atoms with Gasteiger partial charge in [0.2, 0.25) is 0 Å². The van der Waals surface area contributed by atoms with Gasteiger partial charge in [0.25, 0.3) is 5.91 Å². The maximum Gasteiger partial charge on any atom is 0.343 e. The Morgan fingerprint density at radius 2 is 2.23 bits per heavy atom. The Morgan fingerprint density at radius 3 is 3.05 bits per heavy atom. The summed E-state index contributed by atoms with van der Waals surface area (Å²) in [6, 6.07) is 7.37. The molecule has 3 N–H and O–H groups in total. The Labute approximate surface area is 126 Å². The highest BCUT2D eigenvalue weighted by Crippen LogP contribution is 2.31. The third-order valence-electron chi connectivity index (χ3n) is 3.20. The van der Waals surface area contributed by atoms with Crippen LogP contribution in [0.3, 0.4) is 0 Å². The number of rotatable bonds is 4. The maximum absolute atomic E-state index is 12.0. The van der Waals surface area contributed by atoms with Crippen LogP contribution in [-0.4, -0.2) is 28.7 Å². The van der Waals surface area contributed by atoms with Gasteiger partial charge in [-0.2, -0.15) is 5.10 Å². The molecule has 1 aromatic carbocycles. The number of carbonyl (C=O) groups is 2. The van der Waals surface area contributed by atoms with Gasteiger partial charge in [-0.3, -0.25) is 9.89 Å². The molecule has 0 saturated heterocycles. The van der Waals surface area contributed by atoms with Crippen LogP contribution in [0.4, 0.5) is 11.5 Å². The molecule has 3 rings (SSSR count). The Kier molecular flexibility index (Phi) is 3.61. The van der Waals surface area contributed by atoms with E-state index in [4.69, 9.17) is 4.74 Å². The average molecular weight is 298 g/mol. The topological polar surface area (TPSA) is 96.1 Å². The number of benzene rings is 1. The lowest BCUT2D eigenvalue weighted by molar-refractivity contribution is -0.110. The molecule has 112 valence electrons. The number of hydrogen-bond acceptors (Lipinski definition) is 5. The van der Waals surface area contributed by atoms with Crippen LogP contribution >= 0.6 is 0 Å². The van der Waals surface area contributed by atoms with Crippen LogP contribution in [0.1, 0.15) is 22.8 Å². The molecule has 7 nitrogen and oxygen atoms in total. The number of ether oxygens (including phenoxy) is 1. The highest BCUT2D eigenvalue weighted by molar-refractivity contribution is 6.31.